The lowest BCUT2D eigenvalue weighted by atomic mass is 10.0. The number of hydrogen-bond acceptors (Lipinski definition) is 4. The van der Waals surface area contributed by atoms with Crippen molar-refractivity contribution in [2.75, 3.05) is 13.1 Å². The van der Waals surface area contributed by atoms with Crippen molar-refractivity contribution in [2.45, 2.75) is 25.2 Å². The molecule has 3 amide bonds. The molecule has 1 aromatic heterocycles. The standard InChI is InChI=1S/C18H16ClF4N5O2/c1-9-15(29)24-4-5-28(9)17(30)27-14(10-2-3-13(20)12(19)6-10)11-7-25-16(26-8-11)18(21,22)23/h2-3,6-9,14H,4-5H2,1H3,(H,24,29)(H,27,30)/t9-,14-/m1/s1. The van der Waals surface area contributed by atoms with Gasteiger partial charge >= 0.3 is 12.2 Å². The van der Waals surface area contributed by atoms with E-state index in [-0.39, 0.29) is 29.6 Å². The zero-order valence-corrected chi connectivity index (χ0v) is 16.3. The highest BCUT2D eigenvalue weighted by Gasteiger charge is 2.35. The summed E-state index contributed by atoms with van der Waals surface area (Å²) in [5.41, 5.74) is 0.417. The first kappa shape index (κ1) is 21.8. The van der Waals surface area contributed by atoms with Crippen LogP contribution in [-0.4, -0.2) is 45.9 Å². The number of hydrogen-bond donors (Lipinski definition) is 2. The molecule has 3 rings (SSSR count). The second kappa shape index (κ2) is 8.42. The van der Waals surface area contributed by atoms with E-state index >= 15 is 0 Å². The molecule has 0 saturated carbocycles. The van der Waals surface area contributed by atoms with Crippen molar-refractivity contribution < 1.29 is 27.2 Å². The molecule has 0 radical (unpaired) electrons. The van der Waals surface area contributed by atoms with E-state index in [9.17, 15) is 27.2 Å². The van der Waals surface area contributed by atoms with Gasteiger partial charge in [0.2, 0.25) is 11.7 Å². The van der Waals surface area contributed by atoms with Crippen molar-refractivity contribution in [3.8, 4) is 0 Å². The number of amides is 3. The predicted octanol–water partition coefficient (Wildman–Crippen LogP) is 2.91. The number of nitrogens with zero attached hydrogens (tertiary/aromatic N) is 3. The van der Waals surface area contributed by atoms with E-state index in [2.05, 4.69) is 20.6 Å². The monoisotopic (exact) mass is 445 g/mol. The fraction of sp³-hybridized carbons (Fsp3) is 0.333. The Morgan fingerprint density at radius 1 is 1.30 bits per heavy atom. The third-order valence-electron chi connectivity index (χ3n) is 4.56. The van der Waals surface area contributed by atoms with Crippen LogP contribution in [0.25, 0.3) is 0 Å². The van der Waals surface area contributed by atoms with Crippen LogP contribution in [-0.2, 0) is 11.0 Å². The number of nitrogens with one attached hydrogen (secondary N) is 2. The van der Waals surface area contributed by atoms with E-state index in [1.54, 1.807) is 6.92 Å². The first-order valence-electron chi connectivity index (χ1n) is 8.77. The van der Waals surface area contributed by atoms with Crippen molar-refractivity contribution in [3.63, 3.8) is 0 Å². The largest absolute Gasteiger partial charge is 0.451 e. The highest BCUT2D eigenvalue weighted by Crippen LogP contribution is 2.29. The molecular weight excluding hydrogens is 430 g/mol. The van der Waals surface area contributed by atoms with Gasteiger partial charge in [-0.3, -0.25) is 4.79 Å². The van der Waals surface area contributed by atoms with Gasteiger partial charge in [0, 0.05) is 31.0 Å². The van der Waals surface area contributed by atoms with E-state index in [1.165, 1.54) is 17.0 Å². The first-order chi connectivity index (χ1) is 14.1. The average molecular weight is 446 g/mol. The Labute approximate surface area is 173 Å². The van der Waals surface area contributed by atoms with E-state index in [1.807, 2.05) is 0 Å². The second-order valence-electron chi connectivity index (χ2n) is 6.55. The molecule has 1 fully saturated rings. The fourth-order valence-electron chi connectivity index (χ4n) is 2.95. The number of halogens is 5. The molecule has 0 unspecified atom stereocenters. The molecular formula is C18H16ClF4N5O2. The van der Waals surface area contributed by atoms with Crippen molar-refractivity contribution >= 4 is 23.5 Å². The van der Waals surface area contributed by atoms with Gasteiger partial charge in [-0.2, -0.15) is 13.2 Å². The van der Waals surface area contributed by atoms with Crippen LogP contribution >= 0.6 is 11.6 Å². The van der Waals surface area contributed by atoms with E-state index < -0.39 is 35.9 Å². The lowest BCUT2D eigenvalue weighted by Gasteiger charge is -2.34. The third-order valence-corrected chi connectivity index (χ3v) is 4.85. The third kappa shape index (κ3) is 4.61. The van der Waals surface area contributed by atoms with Crippen LogP contribution in [0.3, 0.4) is 0 Å². The lowest BCUT2D eigenvalue weighted by molar-refractivity contribution is -0.145. The van der Waals surface area contributed by atoms with Gasteiger partial charge in [-0.05, 0) is 24.6 Å². The van der Waals surface area contributed by atoms with Crippen LogP contribution in [0.5, 0.6) is 0 Å². The maximum absolute atomic E-state index is 13.6. The summed E-state index contributed by atoms with van der Waals surface area (Å²) in [6, 6.07) is 1.22. The smallest absolute Gasteiger partial charge is 0.353 e. The summed E-state index contributed by atoms with van der Waals surface area (Å²) in [6.45, 7) is 2.03. The molecule has 2 N–H and O–H groups in total. The molecule has 2 heterocycles. The SMILES string of the molecule is C[C@@H]1C(=O)NCCN1C(=O)N[C@@H](c1cnc(C(F)(F)F)nc1)c1ccc(F)c(Cl)c1. The van der Waals surface area contributed by atoms with Crippen LogP contribution in [0.15, 0.2) is 30.6 Å². The van der Waals surface area contributed by atoms with Crippen molar-refractivity contribution in [2.24, 2.45) is 0 Å². The molecule has 0 bridgehead atoms. The summed E-state index contributed by atoms with van der Waals surface area (Å²) in [5, 5.41) is 5.03. The van der Waals surface area contributed by atoms with E-state index in [4.69, 9.17) is 11.6 Å². The van der Waals surface area contributed by atoms with Crippen LogP contribution in [0.4, 0.5) is 22.4 Å². The minimum atomic E-state index is -4.73. The molecule has 1 aromatic carbocycles. The van der Waals surface area contributed by atoms with E-state index in [0.29, 0.717) is 5.56 Å². The maximum Gasteiger partial charge on any atom is 0.451 e. The van der Waals surface area contributed by atoms with Crippen LogP contribution in [0.1, 0.15) is 29.9 Å². The number of rotatable bonds is 3. The van der Waals surface area contributed by atoms with Crippen molar-refractivity contribution in [3.05, 3.63) is 58.4 Å². The number of aromatic nitrogens is 2. The van der Waals surface area contributed by atoms with Gasteiger partial charge in [-0.15, -0.1) is 0 Å². The number of carbonyl (C=O) groups excluding carboxylic acids is 2. The maximum atomic E-state index is 13.6. The summed E-state index contributed by atoms with van der Waals surface area (Å²) in [7, 11) is 0. The van der Waals surface area contributed by atoms with E-state index in [0.717, 1.165) is 18.5 Å². The van der Waals surface area contributed by atoms with Crippen LogP contribution < -0.4 is 10.6 Å². The van der Waals surface area contributed by atoms with Gasteiger partial charge in [0.05, 0.1) is 11.1 Å². The topological polar surface area (TPSA) is 87.2 Å². The molecule has 1 saturated heterocycles. The fourth-order valence-corrected chi connectivity index (χ4v) is 3.14. The number of urea groups is 1. The quantitative estimate of drug-likeness (QED) is 0.711. The molecule has 12 heteroatoms. The Bertz CT molecular complexity index is 955. The highest BCUT2D eigenvalue weighted by atomic mass is 35.5. The summed E-state index contributed by atoms with van der Waals surface area (Å²) in [5.74, 6) is -2.37. The minimum absolute atomic E-state index is 0.119. The average Bonchev–Trinajstić information content (AvgIpc) is 2.69. The summed E-state index contributed by atoms with van der Waals surface area (Å²) >= 11 is 5.83. The highest BCUT2D eigenvalue weighted by molar-refractivity contribution is 6.30. The Hall–Kier alpha value is -2.95. The summed E-state index contributed by atoms with van der Waals surface area (Å²) < 4.78 is 51.9. The van der Waals surface area contributed by atoms with Gasteiger partial charge in [0.15, 0.2) is 0 Å². The summed E-state index contributed by atoms with van der Waals surface area (Å²) in [4.78, 5) is 32.5. The molecule has 30 heavy (non-hydrogen) atoms. The zero-order chi connectivity index (χ0) is 22.1. The zero-order valence-electron chi connectivity index (χ0n) is 15.5. The molecule has 2 aromatic rings. The van der Waals surface area contributed by atoms with Gasteiger partial charge in [-0.25, -0.2) is 19.2 Å². The Morgan fingerprint density at radius 2 is 1.97 bits per heavy atom. The lowest BCUT2D eigenvalue weighted by Crippen LogP contribution is -2.58. The predicted molar refractivity (Wildman–Crippen MR) is 98.0 cm³/mol. The molecule has 7 nitrogen and oxygen atoms in total. The van der Waals surface area contributed by atoms with Gasteiger partial charge in [0.25, 0.3) is 0 Å². The van der Waals surface area contributed by atoms with Gasteiger partial charge in [-0.1, -0.05) is 17.7 Å². The minimum Gasteiger partial charge on any atom is -0.353 e. The molecule has 1 aliphatic heterocycles. The number of carbonyl (C=O) groups is 2. The molecule has 160 valence electrons. The molecule has 1 aliphatic rings. The normalized spacial score (nSPS) is 18.0. The summed E-state index contributed by atoms with van der Waals surface area (Å²) in [6.07, 6.45) is -2.89. The Kier molecular flexibility index (Phi) is 6.11. The first-order valence-corrected chi connectivity index (χ1v) is 9.14. The number of benzene rings is 1. The van der Waals surface area contributed by atoms with Gasteiger partial charge in [0.1, 0.15) is 11.9 Å². The molecule has 0 aliphatic carbocycles. The van der Waals surface area contributed by atoms with Gasteiger partial charge < -0.3 is 15.5 Å². The number of piperazine rings is 1. The van der Waals surface area contributed by atoms with Crippen molar-refractivity contribution in [1.82, 2.24) is 25.5 Å². The van der Waals surface area contributed by atoms with Crippen molar-refractivity contribution in [1.29, 1.82) is 0 Å². The number of alkyl halides is 3. The van der Waals surface area contributed by atoms with Crippen LogP contribution in [0, 0.1) is 5.82 Å². The van der Waals surface area contributed by atoms with Crippen LogP contribution in [0.2, 0.25) is 5.02 Å². The second-order valence-corrected chi connectivity index (χ2v) is 6.96. The Balaban J connectivity index is 1.94. The molecule has 2 atom stereocenters. The Morgan fingerprint density at radius 3 is 2.57 bits per heavy atom. The molecule has 0 spiro atoms.